The van der Waals surface area contributed by atoms with Crippen molar-refractivity contribution in [2.24, 2.45) is 0 Å². The highest BCUT2D eigenvalue weighted by atomic mass is 16.4. The van der Waals surface area contributed by atoms with Crippen LogP contribution in [0, 0.1) is 0 Å². The van der Waals surface area contributed by atoms with Gasteiger partial charge in [-0.2, -0.15) is 0 Å². The van der Waals surface area contributed by atoms with Crippen LogP contribution in [-0.2, 0) is 0 Å². The predicted molar refractivity (Wildman–Crippen MR) is 72.2 cm³/mol. The fraction of sp³-hybridized carbons (Fsp3) is 0.500. The molecule has 2 N–H and O–H groups in total. The third kappa shape index (κ3) is 3.74. The Balaban J connectivity index is 1.72. The third-order valence-electron chi connectivity index (χ3n) is 3.29. The largest absolute Gasteiger partial charge is 0.478 e. The van der Waals surface area contributed by atoms with Gasteiger partial charge in [0.05, 0.1) is 5.56 Å². The van der Waals surface area contributed by atoms with Crippen molar-refractivity contribution in [2.75, 3.05) is 31.5 Å². The number of nitrogens with zero attached hydrogens (tertiary/aromatic N) is 1. The lowest BCUT2D eigenvalue weighted by Crippen LogP contribution is -2.22. The molecule has 1 heterocycles. The van der Waals surface area contributed by atoms with Crippen molar-refractivity contribution in [3.8, 4) is 0 Å². The Morgan fingerprint density at radius 1 is 1.33 bits per heavy atom. The van der Waals surface area contributed by atoms with E-state index in [4.69, 9.17) is 5.11 Å². The third-order valence-corrected chi connectivity index (χ3v) is 3.29. The molecule has 0 amide bonds. The van der Waals surface area contributed by atoms with E-state index in [1.807, 2.05) is 6.07 Å². The number of benzene rings is 1. The first-order chi connectivity index (χ1) is 8.75. The first-order valence-corrected chi connectivity index (χ1v) is 6.55. The molecule has 0 aromatic heterocycles. The van der Waals surface area contributed by atoms with Gasteiger partial charge in [0.1, 0.15) is 0 Å². The first kappa shape index (κ1) is 12.9. The van der Waals surface area contributed by atoms with Crippen molar-refractivity contribution in [3.63, 3.8) is 0 Å². The normalized spacial score (nSPS) is 15.8. The van der Waals surface area contributed by atoms with Crippen LogP contribution in [0.5, 0.6) is 0 Å². The second-order valence-electron chi connectivity index (χ2n) is 4.72. The van der Waals surface area contributed by atoms with E-state index in [0.29, 0.717) is 5.56 Å². The van der Waals surface area contributed by atoms with E-state index < -0.39 is 5.97 Å². The van der Waals surface area contributed by atoms with E-state index in [1.54, 1.807) is 18.2 Å². The van der Waals surface area contributed by atoms with Crippen molar-refractivity contribution < 1.29 is 9.90 Å². The zero-order chi connectivity index (χ0) is 12.8. The minimum absolute atomic E-state index is 0.333. The Morgan fingerprint density at radius 2 is 2.11 bits per heavy atom. The number of anilines is 1. The van der Waals surface area contributed by atoms with E-state index in [2.05, 4.69) is 10.2 Å². The van der Waals surface area contributed by atoms with Gasteiger partial charge < -0.3 is 15.3 Å². The molecule has 1 aliphatic heterocycles. The van der Waals surface area contributed by atoms with Crippen LogP contribution in [0.1, 0.15) is 29.6 Å². The Hall–Kier alpha value is -1.55. The lowest BCUT2D eigenvalue weighted by atomic mass is 10.2. The summed E-state index contributed by atoms with van der Waals surface area (Å²) >= 11 is 0. The Labute approximate surface area is 108 Å². The van der Waals surface area contributed by atoms with Crippen LogP contribution in [0.4, 0.5) is 5.69 Å². The molecule has 1 aromatic rings. The highest BCUT2D eigenvalue weighted by Crippen LogP contribution is 2.11. The Bertz CT molecular complexity index is 401. The standard InChI is InChI=1S/C14H20N2O2/c17-14(18)12-5-3-6-13(11-12)15-7-4-10-16-8-1-2-9-16/h3,5-6,11,15H,1-2,4,7-10H2,(H,17,18). The molecular weight excluding hydrogens is 228 g/mol. The van der Waals surface area contributed by atoms with Gasteiger partial charge in [-0.3, -0.25) is 0 Å². The average Bonchev–Trinajstić information content (AvgIpc) is 2.88. The maximum Gasteiger partial charge on any atom is 0.335 e. The number of carboxylic acid groups (broad SMARTS) is 1. The van der Waals surface area contributed by atoms with Crippen LogP contribution in [0.2, 0.25) is 0 Å². The van der Waals surface area contributed by atoms with Gasteiger partial charge in [0.15, 0.2) is 0 Å². The summed E-state index contributed by atoms with van der Waals surface area (Å²) in [5, 5.41) is 12.2. The van der Waals surface area contributed by atoms with Crippen molar-refractivity contribution in [1.82, 2.24) is 4.90 Å². The second-order valence-corrected chi connectivity index (χ2v) is 4.72. The Morgan fingerprint density at radius 3 is 2.83 bits per heavy atom. The van der Waals surface area contributed by atoms with Crippen LogP contribution in [0.25, 0.3) is 0 Å². The highest BCUT2D eigenvalue weighted by Gasteiger charge is 2.10. The summed E-state index contributed by atoms with van der Waals surface area (Å²) in [4.78, 5) is 13.3. The molecule has 0 saturated carbocycles. The smallest absolute Gasteiger partial charge is 0.335 e. The summed E-state index contributed by atoms with van der Waals surface area (Å²) < 4.78 is 0. The molecule has 0 bridgehead atoms. The van der Waals surface area contributed by atoms with Crippen molar-refractivity contribution in [1.29, 1.82) is 0 Å². The fourth-order valence-corrected chi connectivity index (χ4v) is 2.30. The summed E-state index contributed by atoms with van der Waals surface area (Å²) in [6.45, 7) is 4.48. The van der Waals surface area contributed by atoms with Gasteiger partial charge in [0.25, 0.3) is 0 Å². The van der Waals surface area contributed by atoms with Gasteiger partial charge >= 0.3 is 5.97 Å². The second kappa shape index (κ2) is 6.40. The number of nitrogens with one attached hydrogen (secondary N) is 1. The average molecular weight is 248 g/mol. The predicted octanol–water partition coefficient (Wildman–Crippen LogP) is 2.28. The van der Waals surface area contributed by atoms with Crippen LogP contribution < -0.4 is 5.32 Å². The van der Waals surface area contributed by atoms with Gasteiger partial charge in [0, 0.05) is 12.2 Å². The monoisotopic (exact) mass is 248 g/mol. The number of carboxylic acids is 1. The molecule has 0 aliphatic carbocycles. The molecule has 0 unspecified atom stereocenters. The molecule has 1 saturated heterocycles. The highest BCUT2D eigenvalue weighted by molar-refractivity contribution is 5.88. The molecule has 0 atom stereocenters. The molecule has 2 rings (SSSR count). The maximum atomic E-state index is 10.8. The molecule has 18 heavy (non-hydrogen) atoms. The topological polar surface area (TPSA) is 52.6 Å². The SMILES string of the molecule is O=C(O)c1cccc(NCCCN2CCCC2)c1. The molecule has 4 nitrogen and oxygen atoms in total. The maximum absolute atomic E-state index is 10.8. The minimum atomic E-state index is -0.879. The van der Waals surface area contributed by atoms with E-state index in [1.165, 1.54) is 25.9 Å². The summed E-state index contributed by atoms with van der Waals surface area (Å²) in [5.74, 6) is -0.879. The summed E-state index contributed by atoms with van der Waals surface area (Å²) in [7, 11) is 0. The lowest BCUT2D eigenvalue weighted by molar-refractivity contribution is 0.0697. The van der Waals surface area contributed by atoms with Crippen LogP contribution in [-0.4, -0.2) is 42.2 Å². The van der Waals surface area contributed by atoms with Crippen molar-refractivity contribution >= 4 is 11.7 Å². The van der Waals surface area contributed by atoms with E-state index in [-0.39, 0.29) is 0 Å². The van der Waals surface area contributed by atoms with Crippen LogP contribution in [0.3, 0.4) is 0 Å². The summed E-state index contributed by atoms with van der Waals surface area (Å²) in [5.41, 5.74) is 1.22. The fourth-order valence-electron chi connectivity index (χ4n) is 2.30. The number of rotatable bonds is 6. The minimum Gasteiger partial charge on any atom is -0.478 e. The van der Waals surface area contributed by atoms with Gasteiger partial charge in [0.2, 0.25) is 0 Å². The van der Waals surface area contributed by atoms with E-state index in [9.17, 15) is 4.79 Å². The quantitative estimate of drug-likeness (QED) is 0.758. The molecule has 1 aromatic carbocycles. The molecule has 1 aliphatic rings. The van der Waals surface area contributed by atoms with Gasteiger partial charge in [-0.25, -0.2) is 4.79 Å². The van der Waals surface area contributed by atoms with E-state index >= 15 is 0 Å². The molecule has 1 fully saturated rings. The Kier molecular flexibility index (Phi) is 4.59. The summed E-state index contributed by atoms with van der Waals surface area (Å²) in [6, 6.07) is 6.96. The summed E-state index contributed by atoms with van der Waals surface area (Å²) in [6.07, 6.45) is 3.75. The van der Waals surface area contributed by atoms with Crippen LogP contribution >= 0.6 is 0 Å². The number of aromatic carboxylic acids is 1. The van der Waals surface area contributed by atoms with Gasteiger partial charge in [-0.05, 0) is 57.1 Å². The number of carbonyl (C=O) groups is 1. The zero-order valence-electron chi connectivity index (χ0n) is 10.6. The van der Waals surface area contributed by atoms with Crippen molar-refractivity contribution in [2.45, 2.75) is 19.3 Å². The first-order valence-electron chi connectivity index (χ1n) is 6.55. The molecule has 0 spiro atoms. The van der Waals surface area contributed by atoms with Crippen molar-refractivity contribution in [3.05, 3.63) is 29.8 Å². The number of hydrogen-bond donors (Lipinski definition) is 2. The van der Waals surface area contributed by atoms with Gasteiger partial charge in [-0.1, -0.05) is 6.07 Å². The molecule has 98 valence electrons. The molecule has 4 heteroatoms. The number of hydrogen-bond acceptors (Lipinski definition) is 3. The zero-order valence-corrected chi connectivity index (χ0v) is 10.6. The van der Waals surface area contributed by atoms with Crippen LogP contribution in [0.15, 0.2) is 24.3 Å². The molecule has 0 radical (unpaired) electrons. The van der Waals surface area contributed by atoms with E-state index in [0.717, 1.165) is 25.2 Å². The molecular formula is C14H20N2O2. The van der Waals surface area contributed by atoms with Gasteiger partial charge in [-0.15, -0.1) is 0 Å². The lowest BCUT2D eigenvalue weighted by Gasteiger charge is -2.14. The number of likely N-dealkylation sites (tertiary alicyclic amines) is 1.